The van der Waals surface area contributed by atoms with Crippen LogP contribution < -0.4 is 11.1 Å². The van der Waals surface area contributed by atoms with Crippen molar-refractivity contribution in [2.24, 2.45) is 5.73 Å². The first-order valence-corrected chi connectivity index (χ1v) is 5.55. The zero-order valence-corrected chi connectivity index (χ0v) is 10.3. The van der Waals surface area contributed by atoms with E-state index in [1.807, 2.05) is 38.1 Å². The van der Waals surface area contributed by atoms with E-state index in [0.29, 0.717) is 13.0 Å². The first-order chi connectivity index (χ1) is 7.39. The van der Waals surface area contributed by atoms with Crippen LogP contribution in [-0.2, 0) is 11.3 Å². The Hall–Kier alpha value is -1.06. The van der Waals surface area contributed by atoms with E-state index >= 15 is 0 Å². The number of primary amides is 1. The molecule has 3 N–H and O–H groups in total. The summed E-state index contributed by atoms with van der Waals surface area (Å²) >= 11 is 5.79. The third-order valence-electron chi connectivity index (χ3n) is 2.30. The van der Waals surface area contributed by atoms with Crippen LogP contribution in [0.1, 0.15) is 25.8 Å². The molecule has 0 aliphatic carbocycles. The smallest absolute Gasteiger partial charge is 0.219 e. The summed E-state index contributed by atoms with van der Waals surface area (Å²) in [7, 11) is 0. The van der Waals surface area contributed by atoms with Gasteiger partial charge in [-0.25, -0.2) is 0 Å². The van der Waals surface area contributed by atoms with E-state index in [1.165, 1.54) is 0 Å². The van der Waals surface area contributed by atoms with Gasteiger partial charge in [-0.1, -0.05) is 23.7 Å². The zero-order valence-electron chi connectivity index (χ0n) is 9.59. The number of carbonyl (C=O) groups excluding carboxylic acids is 1. The molecule has 0 aliphatic rings. The van der Waals surface area contributed by atoms with Gasteiger partial charge in [0.05, 0.1) is 0 Å². The highest BCUT2D eigenvalue weighted by molar-refractivity contribution is 6.30. The third-order valence-corrected chi connectivity index (χ3v) is 2.55. The van der Waals surface area contributed by atoms with Gasteiger partial charge in [0.25, 0.3) is 0 Å². The Morgan fingerprint density at radius 3 is 2.44 bits per heavy atom. The lowest BCUT2D eigenvalue weighted by molar-refractivity contribution is -0.119. The van der Waals surface area contributed by atoms with Gasteiger partial charge in [0.1, 0.15) is 0 Å². The van der Waals surface area contributed by atoms with Crippen LogP contribution in [0.3, 0.4) is 0 Å². The molecular formula is C12H17ClN2O. The first-order valence-electron chi connectivity index (χ1n) is 5.17. The molecule has 0 bridgehead atoms. The second-order valence-corrected chi connectivity index (χ2v) is 4.94. The quantitative estimate of drug-likeness (QED) is 0.828. The Morgan fingerprint density at radius 1 is 1.38 bits per heavy atom. The highest BCUT2D eigenvalue weighted by Gasteiger charge is 2.19. The highest BCUT2D eigenvalue weighted by atomic mass is 35.5. The van der Waals surface area contributed by atoms with Gasteiger partial charge in [-0.05, 0) is 31.5 Å². The van der Waals surface area contributed by atoms with Crippen molar-refractivity contribution in [2.75, 3.05) is 0 Å². The molecule has 1 aromatic carbocycles. The maximum Gasteiger partial charge on any atom is 0.219 e. The van der Waals surface area contributed by atoms with Crippen LogP contribution in [-0.4, -0.2) is 11.4 Å². The Bertz CT molecular complexity index is 360. The lowest BCUT2D eigenvalue weighted by atomic mass is 10.00. The maximum absolute atomic E-state index is 10.8. The molecule has 0 aromatic heterocycles. The van der Waals surface area contributed by atoms with Crippen molar-refractivity contribution >= 4 is 17.5 Å². The molecule has 88 valence electrons. The minimum atomic E-state index is -0.298. The Balaban J connectivity index is 2.50. The molecule has 0 spiro atoms. The van der Waals surface area contributed by atoms with Gasteiger partial charge in [-0.15, -0.1) is 0 Å². The molecule has 16 heavy (non-hydrogen) atoms. The van der Waals surface area contributed by atoms with Gasteiger partial charge in [-0.3, -0.25) is 4.79 Å². The van der Waals surface area contributed by atoms with Crippen LogP contribution in [0.4, 0.5) is 0 Å². The minimum Gasteiger partial charge on any atom is -0.370 e. The number of amides is 1. The Kier molecular flexibility index (Phi) is 4.33. The molecule has 0 saturated carbocycles. The van der Waals surface area contributed by atoms with Gasteiger partial charge in [0.15, 0.2) is 0 Å². The zero-order chi connectivity index (χ0) is 12.2. The topological polar surface area (TPSA) is 55.1 Å². The summed E-state index contributed by atoms with van der Waals surface area (Å²) in [6, 6.07) is 7.60. The molecule has 1 amide bonds. The summed E-state index contributed by atoms with van der Waals surface area (Å²) in [5.41, 5.74) is 6.01. The van der Waals surface area contributed by atoms with Crippen molar-refractivity contribution in [3.63, 3.8) is 0 Å². The normalized spacial score (nSPS) is 11.4. The van der Waals surface area contributed by atoms with Crippen LogP contribution in [0.2, 0.25) is 5.02 Å². The fourth-order valence-electron chi connectivity index (χ4n) is 1.44. The standard InChI is InChI=1S/C12H17ClN2O/c1-12(2,7-11(14)16)15-8-9-3-5-10(13)6-4-9/h3-6,15H,7-8H2,1-2H3,(H2,14,16). The predicted octanol–water partition coefficient (Wildman–Crippen LogP) is 2.08. The molecule has 0 aliphatic heterocycles. The SMILES string of the molecule is CC(C)(CC(N)=O)NCc1ccc(Cl)cc1. The van der Waals surface area contributed by atoms with Crippen molar-refractivity contribution in [1.82, 2.24) is 5.32 Å². The summed E-state index contributed by atoms with van der Waals surface area (Å²) in [5.74, 6) is -0.298. The molecular weight excluding hydrogens is 224 g/mol. The monoisotopic (exact) mass is 240 g/mol. The Morgan fingerprint density at radius 2 is 1.94 bits per heavy atom. The fourth-order valence-corrected chi connectivity index (χ4v) is 1.57. The van der Waals surface area contributed by atoms with Crippen molar-refractivity contribution in [3.8, 4) is 0 Å². The lowest BCUT2D eigenvalue weighted by Gasteiger charge is -2.24. The van der Waals surface area contributed by atoms with Gasteiger partial charge >= 0.3 is 0 Å². The fraction of sp³-hybridized carbons (Fsp3) is 0.417. The number of halogens is 1. The molecule has 0 radical (unpaired) electrons. The third kappa shape index (κ3) is 4.64. The van der Waals surface area contributed by atoms with E-state index in [4.69, 9.17) is 17.3 Å². The summed E-state index contributed by atoms with van der Waals surface area (Å²) in [4.78, 5) is 10.8. The highest BCUT2D eigenvalue weighted by Crippen LogP contribution is 2.12. The molecule has 3 nitrogen and oxygen atoms in total. The van der Waals surface area contributed by atoms with E-state index in [0.717, 1.165) is 10.6 Å². The van der Waals surface area contributed by atoms with Crippen LogP contribution in [0.25, 0.3) is 0 Å². The summed E-state index contributed by atoms with van der Waals surface area (Å²) in [6.45, 7) is 4.60. The van der Waals surface area contributed by atoms with E-state index in [2.05, 4.69) is 5.32 Å². The van der Waals surface area contributed by atoms with Crippen molar-refractivity contribution in [3.05, 3.63) is 34.9 Å². The summed E-state index contributed by atoms with van der Waals surface area (Å²) < 4.78 is 0. The summed E-state index contributed by atoms with van der Waals surface area (Å²) in [6.07, 6.45) is 0.320. The second-order valence-electron chi connectivity index (χ2n) is 4.51. The second kappa shape index (κ2) is 5.32. The molecule has 0 saturated heterocycles. The van der Waals surface area contributed by atoms with Gasteiger partial charge < -0.3 is 11.1 Å². The molecule has 0 fully saturated rings. The number of hydrogen-bond acceptors (Lipinski definition) is 2. The number of nitrogens with two attached hydrogens (primary N) is 1. The number of benzene rings is 1. The first kappa shape index (κ1) is 13.0. The summed E-state index contributed by atoms with van der Waals surface area (Å²) in [5, 5.41) is 4.00. The largest absolute Gasteiger partial charge is 0.370 e. The van der Waals surface area contributed by atoms with E-state index < -0.39 is 0 Å². The molecule has 4 heteroatoms. The van der Waals surface area contributed by atoms with Gasteiger partial charge in [0.2, 0.25) is 5.91 Å². The average Bonchev–Trinajstić information content (AvgIpc) is 2.15. The van der Waals surface area contributed by atoms with Gasteiger partial charge in [-0.2, -0.15) is 0 Å². The molecule has 0 unspecified atom stereocenters. The molecule has 0 heterocycles. The van der Waals surface area contributed by atoms with E-state index in [9.17, 15) is 4.79 Å². The van der Waals surface area contributed by atoms with Crippen molar-refractivity contribution in [2.45, 2.75) is 32.4 Å². The Labute approximate surface area is 101 Å². The van der Waals surface area contributed by atoms with Crippen molar-refractivity contribution < 1.29 is 4.79 Å². The van der Waals surface area contributed by atoms with Crippen LogP contribution in [0.15, 0.2) is 24.3 Å². The minimum absolute atomic E-state index is 0.286. The molecule has 0 atom stereocenters. The van der Waals surface area contributed by atoms with Crippen LogP contribution in [0, 0.1) is 0 Å². The maximum atomic E-state index is 10.8. The number of hydrogen-bond donors (Lipinski definition) is 2. The molecule has 1 aromatic rings. The van der Waals surface area contributed by atoms with E-state index in [-0.39, 0.29) is 11.4 Å². The van der Waals surface area contributed by atoms with Gasteiger partial charge in [0, 0.05) is 23.5 Å². The number of carbonyl (C=O) groups is 1. The number of rotatable bonds is 5. The number of nitrogens with one attached hydrogen (secondary N) is 1. The predicted molar refractivity (Wildman–Crippen MR) is 66.2 cm³/mol. The lowest BCUT2D eigenvalue weighted by Crippen LogP contribution is -2.42. The average molecular weight is 241 g/mol. The van der Waals surface area contributed by atoms with Crippen LogP contribution in [0.5, 0.6) is 0 Å². The van der Waals surface area contributed by atoms with Crippen LogP contribution >= 0.6 is 11.6 Å². The van der Waals surface area contributed by atoms with E-state index in [1.54, 1.807) is 0 Å². The molecule has 1 rings (SSSR count). The van der Waals surface area contributed by atoms with Crippen molar-refractivity contribution in [1.29, 1.82) is 0 Å².